The number of hydrogen-bond acceptors (Lipinski definition) is 7. The SMILES string of the molecule is CCNC(=O)C(NC(=O)c1cccnc1)c1nc2ccc(-c3ccc(F)nc3)cc2s1.O=S(O)O. The Morgan fingerprint density at radius 1 is 1.14 bits per heavy atom. The number of rotatable bonds is 6. The van der Waals surface area contributed by atoms with Gasteiger partial charge in [0, 0.05) is 30.7 Å². The molecule has 1 unspecified atom stereocenters. The molecular weight excluding hydrogens is 497 g/mol. The van der Waals surface area contributed by atoms with Crippen LogP contribution in [0.5, 0.6) is 0 Å². The number of nitrogens with zero attached hydrogens (tertiary/aromatic N) is 3. The Kier molecular flexibility index (Phi) is 9.03. The van der Waals surface area contributed by atoms with Crippen molar-refractivity contribution in [1.29, 1.82) is 0 Å². The van der Waals surface area contributed by atoms with Gasteiger partial charge in [0.05, 0.1) is 15.8 Å². The summed E-state index contributed by atoms with van der Waals surface area (Å²) in [6.45, 7) is 2.23. The third kappa shape index (κ3) is 7.16. The Bertz CT molecular complexity index is 1330. The van der Waals surface area contributed by atoms with Crippen molar-refractivity contribution in [3.8, 4) is 11.1 Å². The maximum atomic E-state index is 13.1. The molecule has 1 aromatic carbocycles. The smallest absolute Gasteiger partial charge is 0.299 e. The first kappa shape index (κ1) is 26.0. The van der Waals surface area contributed by atoms with E-state index in [0.29, 0.717) is 22.6 Å². The van der Waals surface area contributed by atoms with E-state index in [0.717, 1.165) is 15.8 Å². The number of hydrogen-bond donors (Lipinski definition) is 4. The lowest BCUT2D eigenvalue weighted by Crippen LogP contribution is -2.40. The molecule has 0 aliphatic carbocycles. The van der Waals surface area contributed by atoms with Crippen LogP contribution in [0.3, 0.4) is 0 Å². The summed E-state index contributed by atoms with van der Waals surface area (Å²) in [6, 6.07) is 10.9. The molecule has 35 heavy (non-hydrogen) atoms. The average Bonchev–Trinajstić information content (AvgIpc) is 3.26. The summed E-state index contributed by atoms with van der Waals surface area (Å²) in [7, 11) is 0. The van der Waals surface area contributed by atoms with Crippen LogP contribution < -0.4 is 10.6 Å². The highest BCUT2D eigenvalue weighted by molar-refractivity contribution is 7.73. The van der Waals surface area contributed by atoms with Crippen LogP contribution in [0, 0.1) is 5.95 Å². The van der Waals surface area contributed by atoms with Crippen molar-refractivity contribution in [1.82, 2.24) is 25.6 Å². The quantitative estimate of drug-likeness (QED) is 0.225. The Morgan fingerprint density at radius 2 is 1.89 bits per heavy atom. The van der Waals surface area contributed by atoms with Gasteiger partial charge >= 0.3 is 0 Å². The van der Waals surface area contributed by atoms with Gasteiger partial charge in [0.15, 0.2) is 6.04 Å². The number of likely N-dealkylation sites (N-methyl/N-ethyl adjacent to an activating group) is 1. The zero-order chi connectivity index (χ0) is 25.4. The zero-order valence-corrected chi connectivity index (χ0v) is 19.8. The van der Waals surface area contributed by atoms with Gasteiger partial charge in [0.1, 0.15) is 5.01 Å². The molecular formula is C22H20FN5O5S2. The molecule has 3 heterocycles. The molecule has 13 heteroatoms. The summed E-state index contributed by atoms with van der Waals surface area (Å²) in [5.41, 5.74) is 2.67. The van der Waals surface area contributed by atoms with Gasteiger partial charge < -0.3 is 10.6 Å². The molecule has 0 fully saturated rings. The molecule has 3 aromatic heterocycles. The summed E-state index contributed by atoms with van der Waals surface area (Å²) < 4.78 is 36.8. The molecule has 0 radical (unpaired) electrons. The predicted molar refractivity (Wildman–Crippen MR) is 129 cm³/mol. The molecule has 4 N–H and O–H groups in total. The molecule has 0 bridgehead atoms. The fraction of sp³-hybridized carbons (Fsp3) is 0.136. The first-order valence-electron chi connectivity index (χ1n) is 10.1. The van der Waals surface area contributed by atoms with Gasteiger partial charge in [-0.25, -0.2) is 9.97 Å². The van der Waals surface area contributed by atoms with Gasteiger partial charge in [-0.1, -0.05) is 6.07 Å². The second-order valence-electron chi connectivity index (χ2n) is 6.88. The minimum atomic E-state index is -2.61. The fourth-order valence-electron chi connectivity index (χ4n) is 3.02. The molecule has 0 aliphatic heterocycles. The third-order valence-corrected chi connectivity index (χ3v) is 5.61. The minimum absolute atomic E-state index is 0.346. The van der Waals surface area contributed by atoms with E-state index in [1.54, 1.807) is 31.3 Å². The molecule has 0 spiro atoms. The zero-order valence-electron chi connectivity index (χ0n) is 18.2. The number of fused-ring (bicyclic) bond motifs is 1. The Balaban J connectivity index is 0.000000795. The van der Waals surface area contributed by atoms with Crippen molar-refractivity contribution in [2.45, 2.75) is 13.0 Å². The first-order chi connectivity index (χ1) is 16.8. The predicted octanol–water partition coefficient (Wildman–Crippen LogP) is 3.18. The number of aromatic nitrogens is 3. The topological polar surface area (TPSA) is 154 Å². The third-order valence-electron chi connectivity index (χ3n) is 4.53. The van der Waals surface area contributed by atoms with Crippen LogP contribution in [0.1, 0.15) is 28.3 Å². The second-order valence-corrected chi connectivity index (χ2v) is 8.40. The molecule has 1 atom stereocenters. The van der Waals surface area contributed by atoms with Crippen molar-refractivity contribution in [2.24, 2.45) is 0 Å². The van der Waals surface area contributed by atoms with Crippen LogP contribution in [-0.2, 0) is 16.2 Å². The average molecular weight is 518 g/mol. The van der Waals surface area contributed by atoms with Gasteiger partial charge in [-0.2, -0.15) is 8.60 Å². The van der Waals surface area contributed by atoms with Gasteiger partial charge in [0.25, 0.3) is 17.3 Å². The van der Waals surface area contributed by atoms with E-state index in [-0.39, 0.29) is 5.91 Å². The molecule has 0 aliphatic rings. The van der Waals surface area contributed by atoms with E-state index >= 15 is 0 Å². The Morgan fingerprint density at radius 3 is 2.51 bits per heavy atom. The van der Waals surface area contributed by atoms with Crippen molar-refractivity contribution in [3.05, 3.63) is 77.6 Å². The van der Waals surface area contributed by atoms with Crippen molar-refractivity contribution in [3.63, 3.8) is 0 Å². The number of amides is 2. The van der Waals surface area contributed by atoms with Gasteiger partial charge in [0.2, 0.25) is 11.9 Å². The molecule has 4 rings (SSSR count). The lowest BCUT2D eigenvalue weighted by atomic mass is 10.1. The standard InChI is InChI=1S/C22H18FN5O2S.H2O3S/c1-2-25-21(30)19(28-20(29)15-4-3-9-24-11-15)22-27-16-7-5-13(10-17(16)31-22)14-6-8-18(23)26-12-14;1-4(2)3/h3-12,19H,2H2,1H3,(H,25,30)(H,28,29);(H2,1,2,3). The molecule has 2 amide bonds. The summed E-state index contributed by atoms with van der Waals surface area (Å²) in [4.78, 5) is 37.5. The lowest BCUT2D eigenvalue weighted by molar-refractivity contribution is -0.123. The largest absolute Gasteiger partial charge is 0.354 e. The normalized spacial score (nSPS) is 11.5. The van der Waals surface area contributed by atoms with E-state index in [9.17, 15) is 14.0 Å². The van der Waals surface area contributed by atoms with Crippen LogP contribution in [0.2, 0.25) is 0 Å². The minimum Gasteiger partial charge on any atom is -0.354 e. The molecule has 0 saturated carbocycles. The summed E-state index contributed by atoms with van der Waals surface area (Å²) in [5, 5.41) is 5.96. The van der Waals surface area contributed by atoms with Crippen LogP contribution in [0.4, 0.5) is 4.39 Å². The number of carbonyl (C=O) groups is 2. The van der Waals surface area contributed by atoms with E-state index < -0.39 is 29.3 Å². The fourth-order valence-corrected chi connectivity index (χ4v) is 4.08. The molecule has 0 saturated heterocycles. The summed E-state index contributed by atoms with van der Waals surface area (Å²) >= 11 is -1.30. The van der Waals surface area contributed by atoms with Crippen molar-refractivity contribution in [2.75, 3.05) is 6.54 Å². The lowest BCUT2D eigenvalue weighted by Gasteiger charge is -2.15. The highest BCUT2D eigenvalue weighted by Crippen LogP contribution is 2.31. The monoisotopic (exact) mass is 517 g/mol. The Hall–Kier alpha value is -3.65. The number of nitrogens with one attached hydrogen (secondary N) is 2. The number of halogens is 1. The van der Waals surface area contributed by atoms with Crippen LogP contribution >= 0.6 is 11.3 Å². The second kappa shape index (κ2) is 12.2. The van der Waals surface area contributed by atoms with E-state index in [2.05, 4.69) is 25.6 Å². The number of carbonyl (C=O) groups excluding carboxylic acids is 2. The maximum absolute atomic E-state index is 13.1. The van der Waals surface area contributed by atoms with Crippen molar-refractivity contribution < 1.29 is 27.3 Å². The molecule has 182 valence electrons. The van der Waals surface area contributed by atoms with E-state index in [1.165, 1.54) is 29.8 Å². The number of pyridine rings is 2. The highest BCUT2D eigenvalue weighted by Gasteiger charge is 2.26. The summed E-state index contributed by atoms with van der Waals surface area (Å²) in [6.07, 6.45) is 4.47. The van der Waals surface area contributed by atoms with Gasteiger partial charge in [-0.05, 0) is 48.9 Å². The van der Waals surface area contributed by atoms with Gasteiger partial charge in [-0.3, -0.25) is 23.7 Å². The Labute approximate surface area is 205 Å². The van der Waals surface area contributed by atoms with E-state index in [1.807, 2.05) is 18.2 Å². The van der Waals surface area contributed by atoms with Crippen molar-refractivity contribution >= 4 is 44.7 Å². The highest BCUT2D eigenvalue weighted by atomic mass is 32.2. The molecule has 4 aromatic rings. The summed E-state index contributed by atoms with van der Waals surface area (Å²) in [5.74, 6) is -1.30. The molecule has 10 nitrogen and oxygen atoms in total. The van der Waals surface area contributed by atoms with Gasteiger partial charge in [-0.15, -0.1) is 11.3 Å². The van der Waals surface area contributed by atoms with Crippen LogP contribution in [-0.4, -0.2) is 46.6 Å². The van der Waals surface area contributed by atoms with Crippen LogP contribution in [0.25, 0.3) is 21.3 Å². The maximum Gasteiger partial charge on any atom is 0.299 e. The van der Waals surface area contributed by atoms with E-state index in [4.69, 9.17) is 13.3 Å². The first-order valence-corrected chi connectivity index (χ1v) is 12.0. The number of benzene rings is 1. The van der Waals surface area contributed by atoms with Crippen LogP contribution in [0.15, 0.2) is 61.1 Å². The number of thiazole rings is 1.